The average Bonchev–Trinajstić information content (AvgIpc) is 2.66. The van der Waals surface area contributed by atoms with Crippen molar-refractivity contribution in [1.82, 2.24) is 15.2 Å². The van der Waals surface area contributed by atoms with E-state index < -0.39 is 5.82 Å². The maximum atomic E-state index is 13.1. The minimum atomic E-state index is -0.422. The molecule has 7 heteroatoms. The van der Waals surface area contributed by atoms with Gasteiger partial charge in [0.05, 0.1) is 5.02 Å². The lowest BCUT2D eigenvalue weighted by molar-refractivity contribution is 0.627. The van der Waals surface area contributed by atoms with Crippen molar-refractivity contribution in [1.29, 1.82) is 0 Å². The molecule has 0 aliphatic rings. The van der Waals surface area contributed by atoms with Crippen LogP contribution in [0.3, 0.4) is 0 Å². The van der Waals surface area contributed by atoms with Crippen molar-refractivity contribution in [2.24, 2.45) is 0 Å². The van der Waals surface area contributed by atoms with Crippen LogP contribution in [0.1, 0.15) is 5.56 Å². The lowest BCUT2D eigenvalue weighted by Crippen LogP contribution is -1.86. The second-order valence-corrected chi connectivity index (χ2v) is 4.39. The van der Waals surface area contributed by atoms with Gasteiger partial charge in [-0.15, -0.1) is 5.10 Å². The topological polar surface area (TPSA) is 67.6 Å². The van der Waals surface area contributed by atoms with Gasteiger partial charge < -0.3 is 5.73 Å². The van der Waals surface area contributed by atoms with Gasteiger partial charge in [0.25, 0.3) is 0 Å². The third-order valence-corrected chi connectivity index (χ3v) is 3.06. The van der Waals surface area contributed by atoms with Crippen molar-refractivity contribution in [3.63, 3.8) is 0 Å². The summed E-state index contributed by atoms with van der Waals surface area (Å²) in [5, 5.41) is 7.04. The summed E-state index contributed by atoms with van der Waals surface area (Å²) in [4.78, 5) is 3.92. The molecule has 0 amide bonds. The fourth-order valence-corrected chi connectivity index (χ4v) is 1.97. The number of benzene rings is 1. The molecule has 2 aromatic rings. The molecule has 1 aromatic heterocycles. The van der Waals surface area contributed by atoms with E-state index in [9.17, 15) is 4.39 Å². The summed E-state index contributed by atoms with van der Waals surface area (Å²) in [6.07, 6.45) is 0. The molecule has 1 aromatic carbocycles. The predicted molar refractivity (Wildman–Crippen MR) is 61.8 cm³/mol. The third kappa shape index (κ3) is 2.65. The van der Waals surface area contributed by atoms with E-state index in [0.717, 1.165) is 5.56 Å². The van der Waals surface area contributed by atoms with E-state index in [1.165, 1.54) is 23.9 Å². The first-order chi connectivity index (χ1) is 7.65. The Labute approximate surface area is 100 Å². The fraction of sp³-hybridized carbons (Fsp3) is 0.111. The van der Waals surface area contributed by atoms with Gasteiger partial charge >= 0.3 is 0 Å². The molecule has 0 atom stereocenters. The van der Waals surface area contributed by atoms with Gasteiger partial charge in [0.2, 0.25) is 11.1 Å². The second kappa shape index (κ2) is 4.71. The van der Waals surface area contributed by atoms with Gasteiger partial charge in [-0.05, 0) is 17.7 Å². The van der Waals surface area contributed by atoms with Crippen molar-refractivity contribution in [2.75, 3.05) is 5.73 Å². The number of nitrogens with two attached hydrogens (primary N) is 1. The zero-order valence-corrected chi connectivity index (χ0v) is 9.65. The zero-order valence-electron chi connectivity index (χ0n) is 8.08. The van der Waals surface area contributed by atoms with Crippen LogP contribution in [0.25, 0.3) is 0 Å². The Morgan fingerprint density at radius 2 is 2.31 bits per heavy atom. The van der Waals surface area contributed by atoms with Crippen LogP contribution in [0.15, 0.2) is 23.4 Å². The second-order valence-electron chi connectivity index (χ2n) is 3.04. The first-order valence-electron chi connectivity index (χ1n) is 4.40. The molecular formula is C9H8ClFN4S. The number of H-pyrrole nitrogens is 1. The summed E-state index contributed by atoms with van der Waals surface area (Å²) in [7, 11) is 0. The van der Waals surface area contributed by atoms with Gasteiger partial charge in [-0.1, -0.05) is 29.4 Å². The Morgan fingerprint density at radius 3 is 2.94 bits per heavy atom. The highest BCUT2D eigenvalue weighted by Crippen LogP contribution is 2.22. The molecule has 2 rings (SSSR count). The summed E-state index contributed by atoms with van der Waals surface area (Å²) < 4.78 is 13.1. The van der Waals surface area contributed by atoms with Crippen molar-refractivity contribution < 1.29 is 4.39 Å². The zero-order chi connectivity index (χ0) is 11.5. The van der Waals surface area contributed by atoms with Gasteiger partial charge in [-0.3, -0.25) is 0 Å². The van der Waals surface area contributed by atoms with E-state index in [1.807, 2.05) is 0 Å². The molecule has 0 saturated carbocycles. The largest absolute Gasteiger partial charge is 0.368 e. The molecule has 0 aliphatic heterocycles. The minimum Gasteiger partial charge on any atom is -0.368 e. The van der Waals surface area contributed by atoms with Crippen LogP contribution >= 0.6 is 23.4 Å². The molecule has 0 saturated heterocycles. The van der Waals surface area contributed by atoms with Gasteiger partial charge in [-0.2, -0.15) is 4.98 Å². The Balaban J connectivity index is 2.02. The Morgan fingerprint density at radius 1 is 1.50 bits per heavy atom. The Kier molecular flexibility index (Phi) is 3.31. The maximum absolute atomic E-state index is 13.1. The van der Waals surface area contributed by atoms with Crippen LogP contribution in [-0.2, 0) is 5.75 Å². The third-order valence-electron chi connectivity index (χ3n) is 1.83. The standard InChI is InChI=1S/C9H8ClFN4S/c10-6-2-1-5(3-7(6)11)4-16-9-13-8(12)14-15-9/h1-3H,4H2,(H3,12,13,14,15). The minimum absolute atomic E-state index is 0.121. The number of hydrogen-bond donors (Lipinski definition) is 2. The Bertz CT molecular complexity index is 502. The number of nitrogens with one attached hydrogen (secondary N) is 1. The normalized spacial score (nSPS) is 10.6. The number of nitrogen functional groups attached to an aromatic ring is 1. The van der Waals surface area contributed by atoms with E-state index in [0.29, 0.717) is 10.9 Å². The van der Waals surface area contributed by atoms with E-state index in [1.54, 1.807) is 6.07 Å². The quantitative estimate of drug-likeness (QED) is 0.830. The summed E-state index contributed by atoms with van der Waals surface area (Å²) in [5.41, 5.74) is 6.19. The molecule has 3 N–H and O–H groups in total. The van der Waals surface area contributed by atoms with Gasteiger partial charge in [-0.25, -0.2) is 9.49 Å². The van der Waals surface area contributed by atoms with Crippen molar-refractivity contribution in [3.8, 4) is 0 Å². The first-order valence-corrected chi connectivity index (χ1v) is 5.76. The summed E-state index contributed by atoms with van der Waals surface area (Å²) >= 11 is 6.94. The van der Waals surface area contributed by atoms with Crippen molar-refractivity contribution >= 4 is 29.3 Å². The summed E-state index contributed by atoms with van der Waals surface area (Å²) in [6, 6.07) is 4.68. The van der Waals surface area contributed by atoms with Gasteiger partial charge in [0.1, 0.15) is 5.82 Å². The molecule has 0 fully saturated rings. The highest BCUT2D eigenvalue weighted by atomic mass is 35.5. The number of rotatable bonds is 3. The molecule has 0 aliphatic carbocycles. The van der Waals surface area contributed by atoms with E-state index in [-0.39, 0.29) is 11.0 Å². The molecule has 4 nitrogen and oxygen atoms in total. The number of aromatic nitrogens is 3. The lowest BCUT2D eigenvalue weighted by atomic mass is 10.2. The van der Waals surface area contributed by atoms with Crippen molar-refractivity contribution in [3.05, 3.63) is 34.6 Å². The van der Waals surface area contributed by atoms with Gasteiger partial charge in [0.15, 0.2) is 0 Å². The number of aromatic amines is 1. The molecule has 0 unspecified atom stereocenters. The van der Waals surface area contributed by atoms with E-state index >= 15 is 0 Å². The summed E-state index contributed by atoms with van der Waals surface area (Å²) in [5.74, 6) is 0.407. The van der Waals surface area contributed by atoms with Crippen LogP contribution in [0, 0.1) is 5.82 Å². The molecule has 84 valence electrons. The Hall–Kier alpha value is -1.27. The van der Waals surface area contributed by atoms with E-state index in [2.05, 4.69) is 15.2 Å². The molecule has 1 heterocycles. The van der Waals surface area contributed by atoms with Crippen LogP contribution in [0.2, 0.25) is 5.02 Å². The fourth-order valence-electron chi connectivity index (χ4n) is 1.10. The van der Waals surface area contributed by atoms with Gasteiger partial charge in [0, 0.05) is 5.75 Å². The van der Waals surface area contributed by atoms with Crippen LogP contribution in [-0.4, -0.2) is 15.2 Å². The molecule has 0 radical (unpaired) electrons. The number of anilines is 1. The maximum Gasteiger partial charge on any atom is 0.216 e. The molecule has 16 heavy (non-hydrogen) atoms. The highest BCUT2D eigenvalue weighted by molar-refractivity contribution is 7.98. The SMILES string of the molecule is Nc1nc(SCc2ccc(Cl)c(F)c2)n[nH]1. The number of thioether (sulfide) groups is 1. The monoisotopic (exact) mass is 258 g/mol. The number of hydrogen-bond acceptors (Lipinski definition) is 4. The van der Waals surface area contributed by atoms with Crippen LogP contribution < -0.4 is 5.73 Å². The van der Waals surface area contributed by atoms with E-state index in [4.69, 9.17) is 17.3 Å². The van der Waals surface area contributed by atoms with Crippen LogP contribution in [0.5, 0.6) is 0 Å². The number of nitrogens with zero attached hydrogens (tertiary/aromatic N) is 2. The lowest BCUT2D eigenvalue weighted by Gasteiger charge is -1.99. The number of halogens is 2. The summed E-state index contributed by atoms with van der Waals surface area (Å²) in [6.45, 7) is 0. The average molecular weight is 259 g/mol. The molecule has 0 spiro atoms. The smallest absolute Gasteiger partial charge is 0.216 e. The van der Waals surface area contributed by atoms with Crippen LogP contribution in [0.4, 0.5) is 10.3 Å². The molecule has 0 bridgehead atoms. The molecular weight excluding hydrogens is 251 g/mol. The predicted octanol–water partition coefficient (Wildman–Crippen LogP) is 2.47. The first kappa shape index (κ1) is 11.2. The van der Waals surface area contributed by atoms with Crippen molar-refractivity contribution in [2.45, 2.75) is 10.9 Å². The highest BCUT2D eigenvalue weighted by Gasteiger charge is 2.04.